The SMILES string of the molecule is O=C(Nc1ccccc1)C(=Cc1cccnc1Cl)C(=O)Nc1ccc(-c2nc3ccccc3o2)cc1. The summed E-state index contributed by atoms with van der Waals surface area (Å²) < 4.78 is 5.80. The van der Waals surface area contributed by atoms with Gasteiger partial charge in [0.1, 0.15) is 16.2 Å². The molecule has 0 aliphatic carbocycles. The summed E-state index contributed by atoms with van der Waals surface area (Å²) in [6.45, 7) is 0. The number of hydrogen-bond acceptors (Lipinski definition) is 5. The highest BCUT2D eigenvalue weighted by atomic mass is 35.5. The lowest BCUT2D eigenvalue weighted by molar-refractivity contribution is -0.118. The van der Waals surface area contributed by atoms with Gasteiger partial charge in [-0.05, 0) is 60.7 Å². The highest BCUT2D eigenvalue weighted by Gasteiger charge is 2.20. The van der Waals surface area contributed by atoms with Gasteiger partial charge in [-0.15, -0.1) is 0 Å². The van der Waals surface area contributed by atoms with Gasteiger partial charge in [0.15, 0.2) is 5.58 Å². The molecule has 176 valence electrons. The van der Waals surface area contributed by atoms with Gasteiger partial charge in [-0.2, -0.15) is 0 Å². The lowest BCUT2D eigenvalue weighted by atomic mass is 10.1. The van der Waals surface area contributed by atoms with Crippen LogP contribution in [0, 0.1) is 0 Å². The number of rotatable bonds is 6. The molecule has 0 saturated heterocycles. The van der Waals surface area contributed by atoms with Crippen molar-refractivity contribution in [1.82, 2.24) is 9.97 Å². The van der Waals surface area contributed by atoms with Crippen LogP contribution in [-0.2, 0) is 9.59 Å². The summed E-state index contributed by atoms with van der Waals surface area (Å²) in [5.74, 6) is -0.706. The maximum Gasteiger partial charge on any atom is 0.261 e. The van der Waals surface area contributed by atoms with Crippen LogP contribution < -0.4 is 10.6 Å². The molecule has 36 heavy (non-hydrogen) atoms. The molecule has 0 aliphatic heterocycles. The number of oxazole rings is 1. The van der Waals surface area contributed by atoms with E-state index >= 15 is 0 Å². The van der Waals surface area contributed by atoms with Crippen LogP contribution in [0.1, 0.15) is 5.56 Å². The van der Waals surface area contributed by atoms with Crippen LogP contribution in [0.4, 0.5) is 11.4 Å². The quantitative estimate of drug-likeness (QED) is 0.127. The predicted molar refractivity (Wildman–Crippen MR) is 140 cm³/mol. The van der Waals surface area contributed by atoms with E-state index in [4.69, 9.17) is 16.0 Å². The van der Waals surface area contributed by atoms with Crippen LogP contribution in [-0.4, -0.2) is 21.8 Å². The number of nitrogens with zero attached hydrogens (tertiary/aromatic N) is 2. The maximum atomic E-state index is 13.2. The molecule has 5 rings (SSSR count). The summed E-state index contributed by atoms with van der Waals surface area (Å²) >= 11 is 6.17. The molecule has 5 aromatic rings. The Hall–Kier alpha value is -4.75. The van der Waals surface area contributed by atoms with Crippen molar-refractivity contribution in [3.05, 3.63) is 113 Å². The van der Waals surface area contributed by atoms with Gasteiger partial charge in [0.25, 0.3) is 11.8 Å². The minimum Gasteiger partial charge on any atom is -0.436 e. The van der Waals surface area contributed by atoms with Gasteiger partial charge in [-0.25, -0.2) is 9.97 Å². The zero-order valence-corrected chi connectivity index (χ0v) is 19.6. The Balaban J connectivity index is 1.39. The molecule has 0 fully saturated rings. The third-order valence-corrected chi connectivity index (χ3v) is 5.61. The van der Waals surface area contributed by atoms with Crippen LogP contribution >= 0.6 is 11.6 Å². The molecule has 8 heteroatoms. The van der Waals surface area contributed by atoms with Gasteiger partial charge in [-0.3, -0.25) is 9.59 Å². The Morgan fingerprint density at radius 1 is 0.778 bits per heavy atom. The van der Waals surface area contributed by atoms with E-state index in [0.717, 1.165) is 11.1 Å². The molecule has 3 aromatic carbocycles. The number of hydrogen-bond donors (Lipinski definition) is 2. The molecular weight excluding hydrogens is 476 g/mol. The highest BCUT2D eigenvalue weighted by molar-refractivity contribution is 6.32. The second-order valence-electron chi connectivity index (χ2n) is 7.78. The monoisotopic (exact) mass is 494 g/mol. The van der Waals surface area contributed by atoms with E-state index in [1.165, 1.54) is 12.3 Å². The summed E-state index contributed by atoms with van der Waals surface area (Å²) in [7, 11) is 0. The number of fused-ring (bicyclic) bond motifs is 1. The van der Waals surface area contributed by atoms with Crippen molar-refractivity contribution in [3.63, 3.8) is 0 Å². The molecule has 2 N–H and O–H groups in total. The first-order valence-corrected chi connectivity index (χ1v) is 11.4. The normalized spacial score (nSPS) is 11.3. The number of pyridine rings is 1. The smallest absolute Gasteiger partial charge is 0.261 e. The Morgan fingerprint density at radius 2 is 1.44 bits per heavy atom. The van der Waals surface area contributed by atoms with Gasteiger partial charge in [0.05, 0.1) is 0 Å². The molecular formula is C28H19ClN4O3. The van der Waals surface area contributed by atoms with Gasteiger partial charge in [0.2, 0.25) is 5.89 Å². The first kappa shape index (κ1) is 23.0. The molecule has 2 amide bonds. The number of halogens is 1. The van der Waals surface area contributed by atoms with Crippen molar-refractivity contribution in [2.24, 2.45) is 0 Å². The number of anilines is 2. The number of aromatic nitrogens is 2. The molecule has 0 bridgehead atoms. The molecule has 0 aliphatic rings. The highest BCUT2D eigenvalue weighted by Crippen LogP contribution is 2.25. The van der Waals surface area contributed by atoms with Crippen LogP contribution in [0.15, 0.2) is 107 Å². The van der Waals surface area contributed by atoms with Crippen LogP contribution in [0.3, 0.4) is 0 Å². The number of carbonyl (C=O) groups is 2. The third kappa shape index (κ3) is 5.16. The van der Waals surface area contributed by atoms with E-state index in [1.807, 2.05) is 30.3 Å². The summed E-state index contributed by atoms with van der Waals surface area (Å²) in [4.78, 5) is 34.8. The van der Waals surface area contributed by atoms with E-state index in [-0.39, 0.29) is 10.7 Å². The number of benzene rings is 3. The summed E-state index contributed by atoms with van der Waals surface area (Å²) in [6, 6.07) is 26.7. The average molecular weight is 495 g/mol. The molecule has 0 unspecified atom stereocenters. The van der Waals surface area contributed by atoms with E-state index < -0.39 is 11.8 Å². The lowest BCUT2D eigenvalue weighted by Gasteiger charge is -2.11. The standard InChI is InChI=1S/C28H19ClN4O3/c29-25-19(7-6-16-30-25)17-22(26(34)31-20-8-2-1-3-9-20)27(35)32-21-14-12-18(13-15-21)28-33-23-10-4-5-11-24(23)36-28/h1-17H,(H,31,34)(H,32,35). The van der Waals surface area contributed by atoms with E-state index in [0.29, 0.717) is 28.4 Å². The van der Waals surface area contributed by atoms with Crippen LogP contribution in [0.2, 0.25) is 5.15 Å². The van der Waals surface area contributed by atoms with Crippen molar-refractivity contribution in [2.45, 2.75) is 0 Å². The van der Waals surface area contributed by atoms with Crippen molar-refractivity contribution in [2.75, 3.05) is 10.6 Å². The minimum absolute atomic E-state index is 0.128. The molecule has 2 heterocycles. The molecule has 2 aromatic heterocycles. The fourth-order valence-electron chi connectivity index (χ4n) is 3.51. The van der Waals surface area contributed by atoms with E-state index in [2.05, 4.69) is 20.6 Å². The fourth-order valence-corrected chi connectivity index (χ4v) is 3.68. The number of para-hydroxylation sites is 3. The summed E-state index contributed by atoms with van der Waals surface area (Å²) in [6.07, 6.45) is 2.94. The van der Waals surface area contributed by atoms with Crippen molar-refractivity contribution in [3.8, 4) is 11.5 Å². The topological polar surface area (TPSA) is 97.1 Å². The Kier molecular flexibility index (Phi) is 6.55. The minimum atomic E-state index is -0.599. The third-order valence-electron chi connectivity index (χ3n) is 5.29. The average Bonchev–Trinajstić information content (AvgIpc) is 3.33. The Morgan fingerprint density at radius 3 is 2.14 bits per heavy atom. The molecule has 0 spiro atoms. The molecule has 0 radical (unpaired) electrons. The number of carbonyl (C=O) groups excluding carboxylic acids is 2. The summed E-state index contributed by atoms with van der Waals surface area (Å²) in [5.41, 5.74) is 3.58. The zero-order chi connectivity index (χ0) is 24.9. The molecule has 0 saturated carbocycles. The maximum absolute atomic E-state index is 13.2. The van der Waals surface area contributed by atoms with Crippen molar-refractivity contribution in [1.29, 1.82) is 0 Å². The van der Waals surface area contributed by atoms with Gasteiger partial charge >= 0.3 is 0 Å². The van der Waals surface area contributed by atoms with Gasteiger partial charge in [-0.1, -0.05) is 48.0 Å². The first-order valence-electron chi connectivity index (χ1n) is 11.0. The van der Waals surface area contributed by atoms with Crippen molar-refractivity contribution >= 4 is 52.0 Å². The fraction of sp³-hybridized carbons (Fsp3) is 0. The Bertz CT molecular complexity index is 1540. The molecule has 7 nitrogen and oxygen atoms in total. The molecule has 0 atom stereocenters. The van der Waals surface area contributed by atoms with E-state index in [1.54, 1.807) is 60.7 Å². The second-order valence-corrected chi connectivity index (χ2v) is 8.14. The van der Waals surface area contributed by atoms with E-state index in [9.17, 15) is 9.59 Å². The predicted octanol–water partition coefficient (Wildman–Crippen LogP) is 6.20. The summed E-state index contributed by atoms with van der Waals surface area (Å²) in [5, 5.41) is 5.69. The second kappa shape index (κ2) is 10.2. The largest absolute Gasteiger partial charge is 0.436 e. The van der Waals surface area contributed by atoms with Crippen LogP contribution in [0.25, 0.3) is 28.6 Å². The first-order chi connectivity index (χ1) is 17.6. The number of amides is 2. The lowest BCUT2D eigenvalue weighted by Crippen LogP contribution is -2.25. The zero-order valence-electron chi connectivity index (χ0n) is 18.8. The number of nitrogens with one attached hydrogen (secondary N) is 2. The Labute approximate surface area is 211 Å². The van der Waals surface area contributed by atoms with Crippen molar-refractivity contribution < 1.29 is 14.0 Å². The van der Waals surface area contributed by atoms with Crippen LogP contribution in [0.5, 0.6) is 0 Å². The van der Waals surface area contributed by atoms with Gasteiger partial charge in [0, 0.05) is 28.7 Å². The van der Waals surface area contributed by atoms with Gasteiger partial charge < -0.3 is 15.1 Å².